The summed E-state index contributed by atoms with van der Waals surface area (Å²) < 4.78 is 5.12. The van der Waals surface area contributed by atoms with Gasteiger partial charge in [-0.1, -0.05) is 19.3 Å². The summed E-state index contributed by atoms with van der Waals surface area (Å²) in [6.45, 7) is 3.33. The molecular weight excluding hydrogens is 166 g/mol. The highest BCUT2D eigenvalue weighted by atomic mass is 16.5. The molecule has 0 bridgehead atoms. The molecule has 0 heterocycles. The predicted molar refractivity (Wildman–Crippen MR) is 52.7 cm³/mol. The van der Waals surface area contributed by atoms with E-state index in [1.807, 2.05) is 0 Å². The Kier molecular flexibility index (Phi) is 6.15. The number of ether oxygens (including phenoxy) is 1. The van der Waals surface area contributed by atoms with Crippen LogP contribution in [-0.4, -0.2) is 38.0 Å². The van der Waals surface area contributed by atoms with Crippen molar-refractivity contribution in [2.24, 2.45) is 5.92 Å². The van der Waals surface area contributed by atoms with Gasteiger partial charge >= 0.3 is 0 Å². The van der Waals surface area contributed by atoms with Crippen LogP contribution in [0.4, 0.5) is 0 Å². The topological polar surface area (TPSA) is 41.5 Å². The molecule has 1 fully saturated rings. The molecule has 0 aliphatic heterocycles. The van der Waals surface area contributed by atoms with Crippen molar-refractivity contribution in [2.75, 3.05) is 32.9 Å². The number of aliphatic hydroxyl groups excluding tert-OH is 1. The molecule has 0 radical (unpaired) electrons. The fraction of sp³-hybridized carbons (Fsp3) is 1.00. The first-order chi connectivity index (χ1) is 6.43. The van der Waals surface area contributed by atoms with E-state index < -0.39 is 0 Å². The van der Waals surface area contributed by atoms with Gasteiger partial charge in [0.25, 0.3) is 0 Å². The van der Waals surface area contributed by atoms with Gasteiger partial charge in [0.2, 0.25) is 0 Å². The summed E-state index contributed by atoms with van der Waals surface area (Å²) in [5, 5.41) is 11.8. The van der Waals surface area contributed by atoms with Crippen LogP contribution in [0, 0.1) is 5.92 Å². The Morgan fingerprint density at radius 3 is 2.69 bits per heavy atom. The second-order valence-electron chi connectivity index (χ2n) is 3.67. The van der Waals surface area contributed by atoms with Crippen molar-refractivity contribution in [3.63, 3.8) is 0 Å². The maximum atomic E-state index is 8.44. The first kappa shape index (κ1) is 11.0. The Morgan fingerprint density at radius 1 is 1.23 bits per heavy atom. The molecule has 1 rings (SSSR count). The molecular formula is C10H21NO2. The quantitative estimate of drug-likeness (QED) is 0.552. The van der Waals surface area contributed by atoms with Gasteiger partial charge < -0.3 is 15.2 Å². The standard InChI is InChI=1S/C10H21NO2/c12-7-9-13-8-6-11-5-4-10-2-1-3-10/h10-12H,1-9H2. The summed E-state index contributed by atoms with van der Waals surface area (Å²) in [7, 11) is 0. The molecule has 0 aromatic rings. The molecule has 2 N–H and O–H groups in total. The van der Waals surface area contributed by atoms with Crippen LogP contribution in [-0.2, 0) is 4.74 Å². The van der Waals surface area contributed by atoms with Crippen LogP contribution in [0.3, 0.4) is 0 Å². The van der Waals surface area contributed by atoms with Crippen LogP contribution >= 0.6 is 0 Å². The maximum Gasteiger partial charge on any atom is 0.0698 e. The van der Waals surface area contributed by atoms with E-state index in [-0.39, 0.29) is 6.61 Å². The Morgan fingerprint density at radius 2 is 2.08 bits per heavy atom. The number of nitrogens with one attached hydrogen (secondary N) is 1. The number of hydrogen-bond donors (Lipinski definition) is 2. The third kappa shape index (κ3) is 5.24. The van der Waals surface area contributed by atoms with Gasteiger partial charge in [0.05, 0.1) is 19.8 Å². The minimum absolute atomic E-state index is 0.127. The van der Waals surface area contributed by atoms with Crippen molar-refractivity contribution >= 4 is 0 Å². The van der Waals surface area contributed by atoms with Crippen LogP contribution in [0.15, 0.2) is 0 Å². The molecule has 0 spiro atoms. The maximum absolute atomic E-state index is 8.44. The number of rotatable bonds is 8. The fourth-order valence-electron chi connectivity index (χ4n) is 1.52. The van der Waals surface area contributed by atoms with E-state index in [2.05, 4.69) is 5.32 Å². The van der Waals surface area contributed by atoms with Gasteiger partial charge in [-0.2, -0.15) is 0 Å². The lowest BCUT2D eigenvalue weighted by molar-refractivity contribution is 0.0936. The molecule has 3 nitrogen and oxygen atoms in total. The molecule has 1 aliphatic carbocycles. The lowest BCUT2D eigenvalue weighted by Crippen LogP contribution is -2.24. The third-order valence-corrected chi connectivity index (χ3v) is 2.61. The smallest absolute Gasteiger partial charge is 0.0698 e. The van der Waals surface area contributed by atoms with E-state index in [9.17, 15) is 0 Å². The Balaban J connectivity index is 1.68. The second kappa shape index (κ2) is 7.30. The zero-order chi connectivity index (χ0) is 9.36. The number of hydrogen-bond acceptors (Lipinski definition) is 3. The molecule has 0 amide bonds. The molecule has 1 aliphatic rings. The summed E-state index contributed by atoms with van der Waals surface area (Å²) in [6.07, 6.45) is 5.62. The van der Waals surface area contributed by atoms with Crippen molar-refractivity contribution in [1.82, 2.24) is 5.32 Å². The molecule has 0 unspecified atom stereocenters. The zero-order valence-corrected chi connectivity index (χ0v) is 8.30. The van der Waals surface area contributed by atoms with Gasteiger partial charge in [-0.15, -0.1) is 0 Å². The largest absolute Gasteiger partial charge is 0.394 e. The summed E-state index contributed by atoms with van der Waals surface area (Å²) in [5.74, 6) is 0.992. The van der Waals surface area contributed by atoms with E-state index >= 15 is 0 Å². The van der Waals surface area contributed by atoms with Gasteiger partial charge in [0, 0.05) is 6.54 Å². The molecule has 0 saturated heterocycles. The Hall–Kier alpha value is -0.120. The molecule has 0 aromatic heterocycles. The molecule has 3 heteroatoms. The van der Waals surface area contributed by atoms with Crippen LogP contribution in [0.25, 0.3) is 0 Å². The fourth-order valence-corrected chi connectivity index (χ4v) is 1.52. The molecule has 0 atom stereocenters. The summed E-state index contributed by atoms with van der Waals surface area (Å²) in [6, 6.07) is 0. The van der Waals surface area contributed by atoms with Crippen LogP contribution in [0.2, 0.25) is 0 Å². The minimum atomic E-state index is 0.127. The van der Waals surface area contributed by atoms with Crippen LogP contribution in [0.5, 0.6) is 0 Å². The lowest BCUT2D eigenvalue weighted by Gasteiger charge is -2.25. The molecule has 0 aromatic carbocycles. The highest BCUT2D eigenvalue weighted by molar-refractivity contribution is 4.69. The second-order valence-corrected chi connectivity index (χ2v) is 3.67. The number of aliphatic hydroxyl groups is 1. The minimum Gasteiger partial charge on any atom is -0.394 e. The van der Waals surface area contributed by atoms with Gasteiger partial charge in [-0.25, -0.2) is 0 Å². The summed E-state index contributed by atoms with van der Waals surface area (Å²) >= 11 is 0. The SMILES string of the molecule is OCCOCCNCCC1CCC1. The van der Waals surface area contributed by atoms with Crippen molar-refractivity contribution in [3.8, 4) is 0 Å². The third-order valence-electron chi connectivity index (χ3n) is 2.61. The highest BCUT2D eigenvalue weighted by Gasteiger charge is 2.15. The van der Waals surface area contributed by atoms with E-state index in [0.29, 0.717) is 13.2 Å². The monoisotopic (exact) mass is 187 g/mol. The molecule has 13 heavy (non-hydrogen) atoms. The van der Waals surface area contributed by atoms with Gasteiger partial charge in [-0.3, -0.25) is 0 Å². The normalized spacial score (nSPS) is 17.3. The van der Waals surface area contributed by atoms with E-state index in [1.54, 1.807) is 0 Å². The summed E-state index contributed by atoms with van der Waals surface area (Å²) in [5.41, 5.74) is 0. The van der Waals surface area contributed by atoms with E-state index in [1.165, 1.54) is 25.7 Å². The van der Waals surface area contributed by atoms with Crippen LogP contribution in [0.1, 0.15) is 25.7 Å². The Labute approximate surface area is 80.5 Å². The predicted octanol–water partition coefficient (Wildman–Crippen LogP) is 0.775. The molecule has 1 saturated carbocycles. The van der Waals surface area contributed by atoms with Gasteiger partial charge in [0.15, 0.2) is 0 Å². The summed E-state index contributed by atoms with van der Waals surface area (Å²) in [4.78, 5) is 0. The van der Waals surface area contributed by atoms with Crippen molar-refractivity contribution < 1.29 is 9.84 Å². The van der Waals surface area contributed by atoms with Crippen molar-refractivity contribution in [2.45, 2.75) is 25.7 Å². The first-order valence-corrected chi connectivity index (χ1v) is 5.33. The average molecular weight is 187 g/mol. The van der Waals surface area contributed by atoms with Crippen molar-refractivity contribution in [1.29, 1.82) is 0 Å². The lowest BCUT2D eigenvalue weighted by atomic mass is 9.83. The van der Waals surface area contributed by atoms with Crippen LogP contribution < -0.4 is 5.32 Å². The van der Waals surface area contributed by atoms with Gasteiger partial charge in [0.1, 0.15) is 0 Å². The highest BCUT2D eigenvalue weighted by Crippen LogP contribution is 2.28. The van der Waals surface area contributed by atoms with Gasteiger partial charge in [-0.05, 0) is 18.9 Å². The van der Waals surface area contributed by atoms with Crippen molar-refractivity contribution in [3.05, 3.63) is 0 Å². The van der Waals surface area contributed by atoms with E-state index in [0.717, 1.165) is 19.0 Å². The zero-order valence-electron chi connectivity index (χ0n) is 8.30. The van der Waals surface area contributed by atoms with E-state index in [4.69, 9.17) is 9.84 Å². The first-order valence-electron chi connectivity index (χ1n) is 5.33. The Bertz CT molecular complexity index is 115. The average Bonchev–Trinajstić information content (AvgIpc) is 2.07. The molecule has 78 valence electrons.